The monoisotopic (exact) mass is 576 g/mol. The zero-order chi connectivity index (χ0) is 29.7. The van der Waals surface area contributed by atoms with E-state index in [9.17, 15) is 0 Å². The molecule has 0 unspecified atom stereocenters. The standard InChI is InChI=1S/C40H24N4O/c1-2-10-26(11-3-1)38-42-39(28-18-17-25-9-4-5-12-27(25)23-28)44-40(43-38)34-14-7-6-13-30(34)29-15-8-16-32-31(29)19-20-33-35-24-41-22-21-36(35)45-37(32)33/h1-24H. The molecule has 9 aromatic rings. The van der Waals surface area contributed by atoms with Gasteiger partial charge in [0.2, 0.25) is 0 Å². The molecule has 45 heavy (non-hydrogen) atoms. The lowest BCUT2D eigenvalue weighted by Crippen LogP contribution is -2.01. The Bertz CT molecular complexity index is 2550. The predicted molar refractivity (Wildman–Crippen MR) is 182 cm³/mol. The van der Waals surface area contributed by atoms with E-state index >= 15 is 0 Å². The Labute approximate surface area is 258 Å². The first kappa shape index (κ1) is 25.3. The van der Waals surface area contributed by atoms with E-state index in [4.69, 9.17) is 19.4 Å². The van der Waals surface area contributed by atoms with Gasteiger partial charge in [-0.15, -0.1) is 0 Å². The van der Waals surface area contributed by atoms with Crippen molar-refractivity contribution < 1.29 is 4.42 Å². The van der Waals surface area contributed by atoms with Gasteiger partial charge in [0.15, 0.2) is 17.5 Å². The average molecular weight is 577 g/mol. The van der Waals surface area contributed by atoms with Crippen molar-refractivity contribution in [1.29, 1.82) is 0 Å². The molecule has 0 radical (unpaired) electrons. The number of pyridine rings is 1. The highest BCUT2D eigenvalue weighted by atomic mass is 16.3. The molecule has 3 aromatic heterocycles. The molecule has 5 nitrogen and oxygen atoms in total. The number of furan rings is 1. The smallest absolute Gasteiger partial charge is 0.164 e. The highest BCUT2D eigenvalue weighted by Crippen LogP contribution is 2.40. The summed E-state index contributed by atoms with van der Waals surface area (Å²) >= 11 is 0. The van der Waals surface area contributed by atoms with Crippen molar-refractivity contribution in [3.8, 4) is 45.3 Å². The molecule has 0 saturated carbocycles. The third kappa shape index (κ3) is 4.25. The predicted octanol–water partition coefficient (Wildman–Crippen LogP) is 10.1. The molecule has 0 saturated heterocycles. The number of aromatic nitrogens is 4. The number of benzene rings is 6. The van der Waals surface area contributed by atoms with Crippen LogP contribution in [0.4, 0.5) is 0 Å². The molecular weight excluding hydrogens is 552 g/mol. The lowest BCUT2D eigenvalue weighted by atomic mass is 9.93. The van der Waals surface area contributed by atoms with E-state index < -0.39 is 0 Å². The fourth-order valence-corrected chi connectivity index (χ4v) is 6.25. The second-order valence-electron chi connectivity index (χ2n) is 11.1. The van der Waals surface area contributed by atoms with Gasteiger partial charge in [0.25, 0.3) is 0 Å². The Balaban J connectivity index is 1.27. The van der Waals surface area contributed by atoms with Crippen LogP contribution in [0.2, 0.25) is 0 Å². The number of hydrogen-bond donors (Lipinski definition) is 0. The first-order chi connectivity index (χ1) is 22.3. The summed E-state index contributed by atoms with van der Waals surface area (Å²) in [5.74, 6) is 1.89. The summed E-state index contributed by atoms with van der Waals surface area (Å²) in [7, 11) is 0. The Morgan fingerprint density at radius 3 is 2.00 bits per heavy atom. The van der Waals surface area contributed by atoms with Crippen LogP contribution in [-0.4, -0.2) is 19.9 Å². The molecule has 0 aliphatic rings. The maximum Gasteiger partial charge on any atom is 0.164 e. The number of fused-ring (bicyclic) bond motifs is 6. The van der Waals surface area contributed by atoms with Crippen LogP contribution in [0.15, 0.2) is 150 Å². The summed E-state index contributed by atoms with van der Waals surface area (Å²) in [6.45, 7) is 0. The molecule has 3 heterocycles. The van der Waals surface area contributed by atoms with E-state index in [1.54, 1.807) is 6.20 Å². The molecule has 0 atom stereocenters. The number of hydrogen-bond acceptors (Lipinski definition) is 5. The first-order valence-electron chi connectivity index (χ1n) is 14.9. The fraction of sp³-hybridized carbons (Fsp3) is 0. The lowest BCUT2D eigenvalue weighted by molar-refractivity contribution is 0.672. The maximum atomic E-state index is 6.36. The van der Waals surface area contributed by atoms with Gasteiger partial charge >= 0.3 is 0 Å². The molecule has 0 aliphatic carbocycles. The van der Waals surface area contributed by atoms with Crippen LogP contribution >= 0.6 is 0 Å². The van der Waals surface area contributed by atoms with Crippen LogP contribution < -0.4 is 0 Å². The second-order valence-corrected chi connectivity index (χ2v) is 11.1. The number of nitrogens with zero attached hydrogens (tertiary/aromatic N) is 4. The molecule has 210 valence electrons. The van der Waals surface area contributed by atoms with Gasteiger partial charge in [-0.2, -0.15) is 0 Å². The van der Waals surface area contributed by atoms with Crippen molar-refractivity contribution in [3.05, 3.63) is 146 Å². The highest BCUT2D eigenvalue weighted by Gasteiger charge is 2.18. The SMILES string of the molecule is c1ccc(-c2nc(-c3ccc4ccccc4c3)nc(-c3ccccc3-c3cccc4c3ccc3c5cnccc5oc43)n2)cc1. The molecule has 0 aliphatic heterocycles. The zero-order valence-corrected chi connectivity index (χ0v) is 24.1. The number of rotatable bonds is 4. The van der Waals surface area contributed by atoms with Gasteiger partial charge in [-0.25, -0.2) is 15.0 Å². The Morgan fingerprint density at radius 2 is 1.11 bits per heavy atom. The van der Waals surface area contributed by atoms with Crippen LogP contribution in [0.25, 0.3) is 88.8 Å². The Hall–Kier alpha value is -6.20. The molecule has 0 N–H and O–H groups in total. The lowest BCUT2D eigenvalue weighted by Gasteiger charge is -2.14. The Kier molecular flexibility index (Phi) is 5.74. The summed E-state index contributed by atoms with van der Waals surface area (Å²) in [4.78, 5) is 19.5. The van der Waals surface area contributed by atoms with E-state index in [2.05, 4.69) is 96.0 Å². The van der Waals surface area contributed by atoms with Crippen molar-refractivity contribution in [2.75, 3.05) is 0 Å². The van der Waals surface area contributed by atoms with Gasteiger partial charge in [-0.3, -0.25) is 4.98 Å². The van der Waals surface area contributed by atoms with E-state index in [-0.39, 0.29) is 0 Å². The summed E-state index contributed by atoms with van der Waals surface area (Å²) in [6.07, 6.45) is 3.63. The van der Waals surface area contributed by atoms with E-state index in [1.165, 1.54) is 5.39 Å². The van der Waals surface area contributed by atoms with Gasteiger partial charge in [-0.1, -0.05) is 115 Å². The molecule has 0 spiro atoms. The third-order valence-electron chi connectivity index (χ3n) is 8.43. The summed E-state index contributed by atoms with van der Waals surface area (Å²) in [5, 5.41) is 6.53. The fourth-order valence-electron chi connectivity index (χ4n) is 6.25. The quantitative estimate of drug-likeness (QED) is 0.209. The topological polar surface area (TPSA) is 64.7 Å². The molecule has 0 fully saturated rings. The van der Waals surface area contributed by atoms with Crippen LogP contribution in [-0.2, 0) is 0 Å². The van der Waals surface area contributed by atoms with Crippen molar-refractivity contribution in [2.45, 2.75) is 0 Å². The minimum Gasteiger partial charge on any atom is -0.455 e. The van der Waals surface area contributed by atoms with Crippen LogP contribution in [0.1, 0.15) is 0 Å². The molecule has 6 aromatic carbocycles. The summed E-state index contributed by atoms with van der Waals surface area (Å²) in [5.41, 5.74) is 6.62. The van der Waals surface area contributed by atoms with Gasteiger partial charge in [0.1, 0.15) is 11.2 Å². The Morgan fingerprint density at radius 1 is 0.422 bits per heavy atom. The molecular formula is C40H24N4O. The summed E-state index contributed by atoms with van der Waals surface area (Å²) < 4.78 is 6.36. The first-order valence-corrected chi connectivity index (χ1v) is 14.9. The van der Waals surface area contributed by atoms with Crippen molar-refractivity contribution >= 4 is 43.5 Å². The van der Waals surface area contributed by atoms with Gasteiger partial charge in [0, 0.05) is 45.2 Å². The maximum absolute atomic E-state index is 6.36. The minimum atomic E-state index is 0.621. The third-order valence-corrected chi connectivity index (χ3v) is 8.43. The van der Waals surface area contributed by atoms with Crippen molar-refractivity contribution in [3.63, 3.8) is 0 Å². The van der Waals surface area contributed by atoms with Gasteiger partial charge in [0.05, 0.1) is 0 Å². The largest absolute Gasteiger partial charge is 0.455 e. The summed E-state index contributed by atoms with van der Waals surface area (Å²) in [6, 6.07) is 45.7. The van der Waals surface area contributed by atoms with E-state index in [0.717, 1.165) is 65.9 Å². The van der Waals surface area contributed by atoms with Gasteiger partial charge in [-0.05, 0) is 45.5 Å². The normalized spacial score (nSPS) is 11.6. The molecule has 5 heteroatoms. The van der Waals surface area contributed by atoms with E-state index in [1.807, 2.05) is 48.7 Å². The van der Waals surface area contributed by atoms with E-state index in [0.29, 0.717) is 17.5 Å². The molecule has 9 rings (SSSR count). The average Bonchev–Trinajstić information content (AvgIpc) is 3.51. The second kappa shape index (κ2) is 10.2. The van der Waals surface area contributed by atoms with Gasteiger partial charge < -0.3 is 4.42 Å². The van der Waals surface area contributed by atoms with Crippen molar-refractivity contribution in [2.24, 2.45) is 0 Å². The zero-order valence-electron chi connectivity index (χ0n) is 24.1. The van der Waals surface area contributed by atoms with Crippen LogP contribution in [0, 0.1) is 0 Å². The molecule has 0 amide bonds. The highest BCUT2D eigenvalue weighted by molar-refractivity contribution is 6.17. The molecule has 0 bridgehead atoms. The van der Waals surface area contributed by atoms with Crippen LogP contribution in [0.5, 0.6) is 0 Å². The van der Waals surface area contributed by atoms with Crippen LogP contribution in [0.3, 0.4) is 0 Å². The minimum absolute atomic E-state index is 0.621. The van der Waals surface area contributed by atoms with Crippen molar-refractivity contribution in [1.82, 2.24) is 19.9 Å².